The van der Waals surface area contributed by atoms with Crippen LogP contribution in [0.5, 0.6) is 0 Å². The van der Waals surface area contributed by atoms with Crippen LogP contribution >= 0.6 is 11.3 Å². The van der Waals surface area contributed by atoms with Crippen LogP contribution in [0, 0.1) is 23.5 Å². The molecule has 1 aromatic carbocycles. The van der Waals surface area contributed by atoms with E-state index in [9.17, 15) is 13.6 Å². The van der Waals surface area contributed by atoms with Crippen LogP contribution in [0.2, 0.25) is 0 Å². The van der Waals surface area contributed by atoms with Crippen LogP contribution in [0.4, 0.5) is 13.9 Å². The third-order valence-corrected chi connectivity index (χ3v) is 5.20. The molecule has 1 aromatic heterocycles. The number of benzene rings is 1. The van der Waals surface area contributed by atoms with Gasteiger partial charge in [-0.05, 0) is 18.6 Å². The van der Waals surface area contributed by atoms with Crippen molar-refractivity contribution in [2.75, 3.05) is 18.0 Å². The fourth-order valence-corrected chi connectivity index (χ4v) is 3.83. The van der Waals surface area contributed by atoms with Crippen LogP contribution in [0.25, 0.3) is 0 Å². The minimum atomic E-state index is -0.777. The normalized spacial score (nSPS) is 16.8. The fraction of sp³-hybridized carbons (Fsp3) is 0.400. The summed E-state index contributed by atoms with van der Waals surface area (Å²) in [6.07, 6.45) is 0.794. The van der Waals surface area contributed by atoms with Gasteiger partial charge in [0.25, 0.3) is 5.91 Å². The van der Waals surface area contributed by atoms with E-state index >= 15 is 0 Å². The van der Waals surface area contributed by atoms with E-state index in [2.05, 4.69) is 48.2 Å². The van der Waals surface area contributed by atoms with Crippen molar-refractivity contribution < 1.29 is 13.6 Å². The molecule has 1 aliphatic heterocycles. The van der Waals surface area contributed by atoms with Crippen molar-refractivity contribution >= 4 is 22.4 Å². The van der Waals surface area contributed by atoms with Crippen molar-refractivity contribution in [2.45, 2.75) is 38.6 Å². The highest BCUT2D eigenvalue weighted by atomic mass is 32.1. The van der Waals surface area contributed by atoms with Gasteiger partial charge in [0, 0.05) is 41.9 Å². The first kappa shape index (κ1) is 19.3. The zero-order chi connectivity index (χ0) is 19.6. The lowest BCUT2D eigenvalue weighted by atomic mass is 9.93. The molecule has 1 atom stereocenters. The largest absolute Gasteiger partial charge is 0.346 e. The van der Waals surface area contributed by atoms with E-state index in [1.165, 1.54) is 6.07 Å². The summed E-state index contributed by atoms with van der Waals surface area (Å²) in [5.74, 6) is 2.90. The molecule has 1 aliphatic rings. The third-order valence-electron chi connectivity index (χ3n) is 4.30. The maximum absolute atomic E-state index is 13.5. The molecule has 1 saturated heterocycles. The molecular weight excluding hydrogens is 368 g/mol. The molecular formula is C20H21F2N3OS. The van der Waals surface area contributed by atoms with E-state index in [0.717, 1.165) is 35.9 Å². The van der Waals surface area contributed by atoms with Gasteiger partial charge in [0.05, 0.1) is 11.3 Å². The van der Waals surface area contributed by atoms with Crippen LogP contribution in [0.15, 0.2) is 23.6 Å². The van der Waals surface area contributed by atoms with Crippen LogP contribution in [-0.4, -0.2) is 30.0 Å². The number of halogens is 2. The molecule has 2 aromatic rings. The second-order valence-corrected chi connectivity index (χ2v) is 8.38. The van der Waals surface area contributed by atoms with Crippen molar-refractivity contribution in [1.29, 1.82) is 0 Å². The van der Waals surface area contributed by atoms with Crippen LogP contribution in [0.1, 0.15) is 38.4 Å². The first-order chi connectivity index (χ1) is 12.7. The summed E-state index contributed by atoms with van der Waals surface area (Å²) < 4.78 is 26.4. The van der Waals surface area contributed by atoms with Gasteiger partial charge in [-0.2, -0.15) is 0 Å². The summed E-state index contributed by atoms with van der Waals surface area (Å²) in [5, 5.41) is 5.87. The standard InChI is InChI=1S/C20H21F2N3OS/c1-20(2,3)17-12-27-19(24-17)25-9-8-15(11-25)23-18(26)7-5-13-4-6-14(21)10-16(13)22/h4,6,10,12,15H,8-9,11H2,1-3H3,(H,23,26). The number of hydrogen-bond donors (Lipinski definition) is 1. The predicted octanol–water partition coefficient (Wildman–Crippen LogP) is 3.47. The van der Waals surface area contributed by atoms with Gasteiger partial charge in [0.1, 0.15) is 11.6 Å². The number of amides is 1. The number of carbonyl (C=O) groups excluding carboxylic acids is 1. The van der Waals surface area contributed by atoms with Gasteiger partial charge in [-0.25, -0.2) is 13.8 Å². The minimum absolute atomic E-state index is 0.00269. The van der Waals surface area contributed by atoms with Gasteiger partial charge in [-0.1, -0.05) is 26.7 Å². The average molecular weight is 389 g/mol. The Balaban J connectivity index is 1.58. The molecule has 0 saturated carbocycles. The molecule has 1 unspecified atom stereocenters. The number of carbonyl (C=O) groups is 1. The average Bonchev–Trinajstić information content (AvgIpc) is 3.22. The number of nitrogens with one attached hydrogen (secondary N) is 1. The summed E-state index contributed by atoms with van der Waals surface area (Å²) in [6, 6.07) is 3.04. The predicted molar refractivity (Wildman–Crippen MR) is 103 cm³/mol. The Morgan fingerprint density at radius 1 is 1.37 bits per heavy atom. The van der Waals surface area contributed by atoms with Gasteiger partial charge in [0.15, 0.2) is 5.13 Å². The van der Waals surface area contributed by atoms with Crippen molar-refractivity contribution in [3.05, 3.63) is 46.5 Å². The number of rotatable bonds is 2. The monoisotopic (exact) mass is 389 g/mol. The number of thiazole rings is 1. The van der Waals surface area contributed by atoms with Crippen molar-refractivity contribution in [3.8, 4) is 11.8 Å². The Labute approximate surface area is 161 Å². The van der Waals surface area contributed by atoms with Gasteiger partial charge >= 0.3 is 0 Å². The van der Waals surface area contributed by atoms with E-state index in [1.54, 1.807) is 11.3 Å². The summed E-state index contributed by atoms with van der Waals surface area (Å²) in [7, 11) is 0. The van der Waals surface area contributed by atoms with Crippen molar-refractivity contribution in [1.82, 2.24) is 10.3 Å². The van der Waals surface area contributed by atoms with E-state index in [-0.39, 0.29) is 17.0 Å². The molecule has 1 fully saturated rings. The lowest BCUT2D eigenvalue weighted by Crippen LogP contribution is -2.36. The Morgan fingerprint density at radius 2 is 2.15 bits per heavy atom. The molecule has 0 bridgehead atoms. The maximum Gasteiger partial charge on any atom is 0.296 e. The molecule has 4 nitrogen and oxygen atoms in total. The highest BCUT2D eigenvalue weighted by molar-refractivity contribution is 7.13. The summed E-state index contributed by atoms with van der Waals surface area (Å²) in [6.45, 7) is 7.85. The van der Waals surface area contributed by atoms with E-state index in [1.807, 2.05) is 0 Å². The Bertz CT molecular complexity index is 908. The van der Waals surface area contributed by atoms with Crippen molar-refractivity contribution in [2.24, 2.45) is 0 Å². The smallest absolute Gasteiger partial charge is 0.296 e. The van der Waals surface area contributed by atoms with Gasteiger partial charge in [0.2, 0.25) is 0 Å². The number of aromatic nitrogens is 1. The topological polar surface area (TPSA) is 45.2 Å². The first-order valence-corrected chi connectivity index (χ1v) is 9.59. The van der Waals surface area contributed by atoms with Crippen LogP contribution in [0.3, 0.4) is 0 Å². The Kier molecular flexibility index (Phi) is 5.47. The van der Waals surface area contributed by atoms with Gasteiger partial charge in [-0.3, -0.25) is 4.79 Å². The van der Waals surface area contributed by atoms with E-state index < -0.39 is 17.5 Å². The number of nitrogens with zero attached hydrogens (tertiary/aromatic N) is 2. The molecule has 27 heavy (non-hydrogen) atoms. The molecule has 7 heteroatoms. The molecule has 1 amide bonds. The lowest BCUT2D eigenvalue weighted by Gasteiger charge is -2.17. The molecule has 3 rings (SSSR count). The summed E-state index contributed by atoms with van der Waals surface area (Å²) in [4.78, 5) is 18.9. The van der Waals surface area contributed by atoms with Crippen LogP contribution < -0.4 is 10.2 Å². The van der Waals surface area contributed by atoms with Gasteiger partial charge < -0.3 is 10.2 Å². The number of anilines is 1. The minimum Gasteiger partial charge on any atom is -0.346 e. The quantitative estimate of drug-likeness (QED) is 0.800. The highest BCUT2D eigenvalue weighted by Gasteiger charge is 2.27. The first-order valence-electron chi connectivity index (χ1n) is 8.71. The SMILES string of the molecule is CC(C)(C)c1csc(N2CCC(NC(=O)C#Cc3ccc(F)cc3F)C2)n1. The Hall–Kier alpha value is -2.46. The lowest BCUT2D eigenvalue weighted by molar-refractivity contribution is -0.116. The molecule has 0 spiro atoms. The second-order valence-electron chi connectivity index (χ2n) is 7.54. The zero-order valence-corrected chi connectivity index (χ0v) is 16.3. The number of hydrogen-bond acceptors (Lipinski definition) is 4. The fourth-order valence-electron chi connectivity index (χ4n) is 2.74. The summed E-state index contributed by atoms with van der Waals surface area (Å²) >= 11 is 1.61. The maximum atomic E-state index is 13.5. The molecule has 1 N–H and O–H groups in total. The van der Waals surface area contributed by atoms with Crippen molar-refractivity contribution in [3.63, 3.8) is 0 Å². The highest BCUT2D eigenvalue weighted by Crippen LogP contribution is 2.30. The third kappa shape index (κ3) is 4.83. The van der Waals surface area contributed by atoms with E-state index in [4.69, 9.17) is 4.98 Å². The van der Waals surface area contributed by atoms with E-state index in [0.29, 0.717) is 6.54 Å². The zero-order valence-electron chi connectivity index (χ0n) is 15.5. The molecule has 0 radical (unpaired) electrons. The Morgan fingerprint density at radius 3 is 2.81 bits per heavy atom. The second kappa shape index (κ2) is 7.65. The molecule has 0 aliphatic carbocycles. The van der Waals surface area contributed by atoms with Gasteiger partial charge in [-0.15, -0.1) is 11.3 Å². The summed E-state index contributed by atoms with van der Waals surface area (Å²) in [5.41, 5.74) is 1.06. The van der Waals surface area contributed by atoms with Crippen LogP contribution in [-0.2, 0) is 10.2 Å². The molecule has 142 valence electrons. The molecule has 2 heterocycles.